The Hall–Kier alpha value is -6.07. The first-order valence-corrected chi connectivity index (χ1v) is 15.5. The monoisotopic (exact) mass is 593 g/mol. The minimum atomic E-state index is 0.868. The third kappa shape index (κ3) is 3.99. The molecule has 0 atom stereocenters. The fraction of sp³-hybridized carbons (Fsp3) is 0.0488. The van der Waals surface area contributed by atoms with Gasteiger partial charge in [0.2, 0.25) is 0 Å². The van der Waals surface area contributed by atoms with Gasteiger partial charge in [0.25, 0.3) is 5.82 Å². The number of nitrogens with zero attached hydrogens (tertiary/aromatic N) is 4. The molecule has 3 heterocycles. The van der Waals surface area contributed by atoms with Crippen LogP contribution in [0.15, 0.2) is 144 Å². The number of imidazole rings is 1. The lowest BCUT2D eigenvalue weighted by atomic mass is 10.00. The third-order valence-corrected chi connectivity index (χ3v) is 9.18. The molecule has 0 unspecified atom stereocenters. The van der Waals surface area contributed by atoms with Gasteiger partial charge in [0.15, 0.2) is 16.6 Å². The Morgan fingerprint density at radius 3 is 2.22 bits per heavy atom. The van der Waals surface area contributed by atoms with E-state index in [4.69, 9.17) is 4.42 Å². The minimum absolute atomic E-state index is 0.868. The lowest BCUT2D eigenvalue weighted by molar-refractivity contribution is -0.633. The van der Waals surface area contributed by atoms with E-state index in [2.05, 4.69) is 154 Å². The number of fused-ring (bicyclic) bond motifs is 6. The van der Waals surface area contributed by atoms with Gasteiger partial charge in [0, 0.05) is 28.7 Å². The second kappa shape index (κ2) is 10.2. The molecule has 0 spiro atoms. The number of hydrogen-bond acceptors (Lipinski definition) is 3. The van der Waals surface area contributed by atoms with Crippen molar-refractivity contribution in [3.8, 4) is 39.5 Å². The van der Waals surface area contributed by atoms with Gasteiger partial charge < -0.3 is 4.42 Å². The first-order valence-electron chi connectivity index (χ1n) is 15.5. The second-order valence-corrected chi connectivity index (χ2v) is 11.8. The SMILES string of the molecule is Cc1ccc2c(oc3ccc4ccccc4c32)c1-c1n(-c2ccc(-c3ccc(-c4cnccn4)cc3)cc2)c2ccccc2[n+]1C. The molecule has 0 fully saturated rings. The van der Waals surface area contributed by atoms with Gasteiger partial charge in [0.1, 0.15) is 16.8 Å². The number of furan rings is 1. The van der Waals surface area contributed by atoms with Crippen LogP contribution in [0.4, 0.5) is 0 Å². The van der Waals surface area contributed by atoms with Gasteiger partial charge in [-0.3, -0.25) is 9.97 Å². The fourth-order valence-corrected chi connectivity index (χ4v) is 6.93. The maximum Gasteiger partial charge on any atom is 0.298 e. The largest absolute Gasteiger partial charge is 0.455 e. The summed E-state index contributed by atoms with van der Waals surface area (Å²) in [6.45, 7) is 2.18. The van der Waals surface area contributed by atoms with Crippen molar-refractivity contribution in [2.45, 2.75) is 6.92 Å². The van der Waals surface area contributed by atoms with Crippen LogP contribution in [0.1, 0.15) is 5.56 Å². The zero-order valence-corrected chi connectivity index (χ0v) is 25.5. The smallest absolute Gasteiger partial charge is 0.298 e. The van der Waals surface area contributed by atoms with E-state index in [-0.39, 0.29) is 0 Å². The Kier molecular flexibility index (Phi) is 5.87. The Balaban J connectivity index is 1.23. The van der Waals surface area contributed by atoms with Gasteiger partial charge in [-0.15, -0.1) is 0 Å². The van der Waals surface area contributed by atoms with Crippen molar-refractivity contribution in [2.75, 3.05) is 0 Å². The summed E-state index contributed by atoms with van der Waals surface area (Å²) in [6.07, 6.45) is 5.21. The number of para-hydroxylation sites is 2. The van der Waals surface area contributed by atoms with E-state index in [1.165, 1.54) is 10.8 Å². The molecule has 9 rings (SSSR count). The predicted molar refractivity (Wildman–Crippen MR) is 186 cm³/mol. The average molecular weight is 594 g/mol. The van der Waals surface area contributed by atoms with Crippen molar-refractivity contribution >= 4 is 43.7 Å². The van der Waals surface area contributed by atoms with Gasteiger partial charge in [0.05, 0.1) is 18.9 Å². The quantitative estimate of drug-likeness (QED) is 0.191. The molecule has 218 valence electrons. The molecule has 0 amide bonds. The molecule has 5 heteroatoms. The molecule has 0 N–H and O–H groups in total. The van der Waals surface area contributed by atoms with Crippen molar-refractivity contribution < 1.29 is 8.98 Å². The number of hydrogen-bond donors (Lipinski definition) is 0. The summed E-state index contributed by atoms with van der Waals surface area (Å²) in [5.41, 5.74) is 11.7. The Morgan fingerprint density at radius 1 is 0.674 bits per heavy atom. The van der Waals surface area contributed by atoms with E-state index in [1.807, 2.05) is 0 Å². The Morgan fingerprint density at radius 2 is 1.41 bits per heavy atom. The highest BCUT2D eigenvalue weighted by atomic mass is 16.3. The molecule has 5 nitrogen and oxygen atoms in total. The molecule has 0 radical (unpaired) electrons. The standard InChI is InChI=1S/C41H29N4O/c1-26-11-21-33-39-32-8-4-3-7-29(32)18-22-37(39)46-40(33)38(26)41-44(2)35-9-5-6-10-36(35)45(41)31-19-16-28(17-20-31)27-12-14-30(15-13-27)34-25-42-23-24-43-34/h3-25H,1-2H3/q+1. The molecule has 0 aliphatic heterocycles. The molecule has 46 heavy (non-hydrogen) atoms. The zero-order valence-electron chi connectivity index (χ0n) is 25.5. The van der Waals surface area contributed by atoms with E-state index < -0.39 is 0 Å². The van der Waals surface area contributed by atoms with Crippen molar-refractivity contribution in [3.05, 3.63) is 145 Å². The van der Waals surface area contributed by atoms with Crippen molar-refractivity contribution in [1.82, 2.24) is 14.5 Å². The minimum Gasteiger partial charge on any atom is -0.455 e. The van der Waals surface area contributed by atoms with E-state index in [9.17, 15) is 0 Å². The summed E-state index contributed by atoms with van der Waals surface area (Å²) in [4.78, 5) is 8.64. The Labute approximate surface area is 265 Å². The first-order chi connectivity index (χ1) is 22.7. The van der Waals surface area contributed by atoms with E-state index in [1.54, 1.807) is 18.6 Å². The zero-order chi connectivity index (χ0) is 30.8. The van der Waals surface area contributed by atoms with Crippen LogP contribution in [0.3, 0.4) is 0 Å². The highest BCUT2D eigenvalue weighted by Crippen LogP contribution is 2.41. The lowest BCUT2D eigenvalue weighted by Gasteiger charge is -2.09. The molecular weight excluding hydrogens is 564 g/mol. The molecule has 6 aromatic carbocycles. The van der Waals surface area contributed by atoms with Crippen LogP contribution in [-0.2, 0) is 7.05 Å². The predicted octanol–water partition coefficient (Wildman–Crippen LogP) is 9.61. The number of aromatic nitrogens is 4. The third-order valence-electron chi connectivity index (χ3n) is 9.18. The van der Waals surface area contributed by atoms with Crippen molar-refractivity contribution in [2.24, 2.45) is 7.05 Å². The number of benzene rings is 6. The highest BCUT2D eigenvalue weighted by molar-refractivity contribution is 6.20. The van der Waals surface area contributed by atoms with Gasteiger partial charge >= 0.3 is 0 Å². The maximum absolute atomic E-state index is 6.75. The summed E-state index contributed by atoms with van der Waals surface area (Å²) < 4.78 is 11.4. The topological polar surface area (TPSA) is 47.7 Å². The molecule has 0 saturated carbocycles. The van der Waals surface area contributed by atoms with Gasteiger partial charge in [-0.2, -0.15) is 4.57 Å². The van der Waals surface area contributed by atoms with Crippen LogP contribution in [0.5, 0.6) is 0 Å². The van der Waals surface area contributed by atoms with Crippen LogP contribution in [0.2, 0.25) is 0 Å². The number of rotatable bonds is 4. The van der Waals surface area contributed by atoms with Crippen LogP contribution in [-0.4, -0.2) is 14.5 Å². The molecule has 0 aliphatic rings. The Bertz CT molecular complexity index is 2580. The van der Waals surface area contributed by atoms with E-state index in [0.717, 1.165) is 78.0 Å². The highest BCUT2D eigenvalue weighted by Gasteiger charge is 2.30. The van der Waals surface area contributed by atoms with Gasteiger partial charge in [-0.25, -0.2) is 4.57 Å². The van der Waals surface area contributed by atoms with E-state index >= 15 is 0 Å². The van der Waals surface area contributed by atoms with Gasteiger partial charge in [-0.05, 0) is 64.7 Å². The lowest BCUT2D eigenvalue weighted by Crippen LogP contribution is -2.30. The van der Waals surface area contributed by atoms with Crippen LogP contribution >= 0.6 is 0 Å². The molecule has 0 aliphatic carbocycles. The summed E-state index contributed by atoms with van der Waals surface area (Å²) in [7, 11) is 2.15. The molecule has 0 saturated heterocycles. The molecule has 0 bridgehead atoms. The second-order valence-electron chi connectivity index (χ2n) is 11.8. The molecule has 3 aromatic heterocycles. The van der Waals surface area contributed by atoms with Crippen molar-refractivity contribution in [3.63, 3.8) is 0 Å². The molecular formula is C41H29N4O+. The number of aryl methyl sites for hydroxylation is 2. The normalized spacial score (nSPS) is 11.7. The summed E-state index contributed by atoms with van der Waals surface area (Å²) in [6, 6.07) is 43.1. The summed E-state index contributed by atoms with van der Waals surface area (Å²) >= 11 is 0. The van der Waals surface area contributed by atoms with Crippen LogP contribution in [0.25, 0.3) is 83.2 Å². The maximum atomic E-state index is 6.75. The van der Waals surface area contributed by atoms with E-state index in [0.29, 0.717) is 0 Å². The average Bonchev–Trinajstić information content (AvgIpc) is 3.64. The summed E-state index contributed by atoms with van der Waals surface area (Å²) in [5, 5.41) is 4.71. The van der Waals surface area contributed by atoms with Gasteiger partial charge in [-0.1, -0.05) is 91.0 Å². The first kappa shape index (κ1) is 26.3. The van der Waals surface area contributed by atoms with Crippen molar-refractivity contribution in [1.29, 1.82) is 0 Å². The van der Waals surface area contributed by atoms with Crippen LogP contribution < -0.4 is 4.57 Å². The fourth-order valence-electron chi connectivity index (χ4n) is 6.93. The van der Waals surface area contributed by atoms with Crippen LogP contribution in [0, 0.1) is 6.92 Å². The summed E-state index contributed by atoms with van der Waals surface area (Å²) in [5.74, 6) is 1.08. The molecule has 9 aromatic rings.